The molecular weight excluding hydrogens is 510 g/mol. The van der Waals surface area contributed by atoms with E-state index in [1.165, 1.54) is 30.9 Å². The molecule has 0 radical (unpaired) electrons. The van der Waals surface area contributed by atoms with E-state index >= 15 is 0 Å². The molecule has 2 amide bonds. The number of esters is 1. The molecule has 0 spiro atoms. The fraction of sp³-hybridized carbons (Fsp3) is 0.500. The first-order valence-electron chi connectivity index (χ1n) is 12.1. The van der Waals surface area contributed by atoms with E-state index in [-0.39, 0.29) is 17.4 Å². The summed E-state index contributed by atoms with van der Waals surface area (Å²) in [4.78, 5) is 46.4. The van der Waals surface area contributed by atoms with Crippen molar-refractivity contribution >= 4 is 35.7 Å². The standard InChI is InChI=1S/C26H37N5O6S/c1-16-13-20(35-6)18(23(33)36-7)14-17(16)19-15-22(30-24(27)29-19)38-12-10-28-21(32)9-8-11-31(5)25(34)37-26(2,3)4/h13-15H,8-12H2,1-7H3,(H,28,32)(H2,27,29,30). The topological polar surface area (TPSA) is 146 Å². The van der Waals surface area contributed by atoms with Crippen molar-refractivity contribution in [3.05, 3.63) is 29.3 Å². The highest BCUT2D eigenvalue weighted by Gasteiger charge is 2.20. The molecule has 0 bridgehead atoms. The number of nitrogen functional groups attached to an aromatic ring is 1. The van der Waals surface area contributed by atoms with Crippen LogP contribution in [0, 0.1) is 6.92 Å². The summed E-state index contributed by atoms with van der Waals surface area (Å²) in [6, 6.07) is 5.19. The summed E-state index contributed by atoms with van der Waals surface area (Å²) in [5.41, 5.74) is 7.77. The Morgan fingerprint density at radius 3 is 2.47 bits per heavy atom. The third kappa shape index (κ3) is 9.40. The number of aromatic nitrogens is 2. The minimum atomic E-state index is -0.561. The van der Waals surface area contributed by atoms with Gasteiger partial charge in [-0.1, -0.05) is 0 Å². The van der Waals surface area contributed by atoms with Gasteiger partial charge in [-0.2, -0.15) is 0 Å². The molecule has 0 atom stereocenters. The number of carbonyl (C=O) groups excluding carboxylic acids is 3. The van der Waals surface area contributed by atoms with E-state index in [0.717, 1.165) is 5.56 Å². The zero-order valence-corrected chi connectivity index (χ0v) is 23.9. The molecule has 0 unspecified atom stereocenters. The fourth-order valence-electron chi connectivity index (χ4n) is 3.39. The molecule has 12 heteroatoms. The number of amides is 2. The Kier molecular flexibility index (Phi) is 11.2. The van der Waals surface area contributed by atoms with Gasteiger partial charge in [0, 0.05) is 37.9 Å². The predicted molar refractivity (Wildman–Crippen MR) is 146 cm³/mol. The molecular formula is C26H37N5O6S. The minimum Gasteiger partial charge on any atom is -0.496 e. The molecule has 0 saturated heterocycles. The lowest BCUT2D eigenvalue weighted by Gasteiger charge is -2.24. The monoisotopic (exact) mass is 547 g/mol. The quantitative estimate of drug-likeness (QED) is 0.185. The Morgan fingerprint density at radius 1 is 1.13 bits per heavy atom. The number of aryl methyl sites for hydroxylation is 1. The summed E-state index contributed by atoms with van der Waals surface area (Å²) in [6.07, 6.45) is 0.404. The van der Waals surface area contributed by atoms with E-state index in [2.05, 4.69) is 15.3 Å². The lowest BCUT2D eigenvalue weighted by molar-refractivity contribution is -0.121. The maximum atomic E-state index is 12.2. The van der Waals surface area contributed by atoms with E-state index in [0.29, 0.717) is 53.7 Å². The molecule has 11 nitrogen and oxygen atoms in total. The predicted octanol–water partition coefficient (Wildman–Crippen LogP) is 3.68. The van der Waals surface area contributed by atoms with Gasteiger partial charge >= 0.3 is 12.1 Å². The first-order valence-corrected chi connectivity index (χ1v) is 13.1. The summed E-state index contributed by atoms with van der Waals surface area (Å²) >= 11 is 1.42. The van der Waals surface area contributed by atoms with E-state index in [1.807, 2.05) is 27.7 Å². The third-order valence-electron chi connectivity index (χ3n) is 5.22. The van der Waals surface area contributed by atoms with Crippen LogP contribution in [0.3, 0.4) is 0 Å². The number of nitrogens with one attached hydrogen (secondary N) is 1. The van der Waals surface area contributed by atoms with Gasteiger partial charge < -0.3 is 30.2 Å². The second-order valence-corrected chi connectivity index (χ2v) is 10.6. The van der Waals surface area contributed by atoms with Crippen LogP contribution in [0.1, 0.15) is 49.5 Å². The SMILES string of the molecule is COC(=O)c1cc(-c2cc(SCCNC(=O)CCCN(C)C(=O)OC(C)(C)C)nc(N)n2)c(C)cc1OC. The number of rotatable bonds is 11. The van der Waals surface area contributed by atoms with Crippen LogP contribution in [-0.4, -0.2) is 78.5 Å². The first kappa shape index (κ1) is 30.7. The Balaban J connectivity index is 1.91. The van der Waals surface area contributed by atoms with Crippen LogP contribution < -0.4 is 15.8 Å². The summed E-state index contributed by atoms with van der Waals surface area (Å²) < 4.78 is 15.5. The Bertz CT molecular complexity index is 1150. The minimum absolute atomic E-state index is 0.0954. The number of ether oxygens (including phenoxy) is 3. The summed E-state index contributed by atoms with van der Waals surface area (Å²) in [5, 5.41) is 3.50. The molecule has 0 fully saturated rings. The van der Waals surface area contributed by atoms with Gasteiger partial charge in [-0.3, -0.25) is 4.79 Å². The average molecular weight is 548 g/mol. The van der Waals surface area contributed by atoms with Gasteiger partial charge in [-0.05, 0) is 57.9 Å². The molecule has 208 valence electrons. The fourth-order valence-corrected chi connectivity index (χ4v) is 4.16. The maximum absolute atomic E-state index is 12.2. The van der Waals surface area contributed by atoms with Crippen molar-refractivity contribution in [3.63, 3.8) is 0 Å². The van der Waals surface area contributed by atoms with Crippen molar-refractivity contribution < 1.29 is 28.6 Å². The van der Waals surface area contributed by atoms with Gasteiger partial charge in [0.2, 0.25) is 11.9 Å². The Labute approximate surface area is 227 Å². The van der Waals surface area contributed by atoms with Crippen molar-refractivity contribution in [2.75, 3.05) is 45.8 Å². The highest BCUT2D eigenvalue weighted by molar-refractivity contribution is 7.99. The number of carbonyl (C=O) groups is 3. The molecule has 3 N–H and O–H groups in total. The normalized spacial score (nSPS) is 11.0. The third-order valence-corrected chi connectivity index (χ3v) is 6.14. The number of anilines is 1. The zero-order valence-electron chi connectivity index (χ0n) is 23.0. The van der Waals surface area contributed by atoms with Crippen LogP contribution in [0.2, 0.25) is 0 Å². The number of thioether (sulfide) groups is 1. The molecule has 38 heavy (non-hydrogen) atoms. The van der Waals surface area contributed by atoms with Crippen LogP contribution in [0.15, 0.2) is 23.2 Å². The van der Waals surface area contributed by atoms with Gasteiger partial charge in [-0.15, -0.1) is 11.8 Å². The number of methoxy groups -OCH3 is 2. The summed E-state index contributed by atoms with van der Waals surface area (Å²) in [6.45, 7) is 8.15. The lowest BCUT2D eigenvalue weighted by Crippen LogP contribution is -2.35. The van der Waals surface area contributed by atoms with Crippen LogP contribution in [-0.2, 0) is 14.3 Å². The highest BCUT2D eigenvalue weighted by Crippen LogP contribution is 2.32. The Hall–Kier alpha value is -3.54. The lowest BCUT2D eigenvalue weighted by atomic mass is 10.0. The molecule has 1 heterocycles. The largest absolute Gasteiger partial charge is 0.496 e. The van der Waals surface area contributed by atoms with E-state index in [4.69, 9.17) is 19.9 Å². The van der Waals surface area contributed by atoms with Crippen molar-refractivity contribution in [2.24, 2.45) is 0 Å². The number of hydrogen-bond acceptors (Lipinski definition) is 10. The van der Waals surface area contributed by atoms with Crippen LogP contribution >= 0.6 is 11.8 Å². The summed E-state index contributed by atoms with van der Waals surface area (Å²) in [5.74, 6) is 0.441. The molecule has 0 aliphatic carbocycles. The molecule has 1 aromatic heterocycles. The zero-order chi connectivity index (χ0) is 28.5. The second-order valence-electron chi connectivity index (χ2n) is 9.51. The van der Waals surface area contributed by atoms with E-state index in [9.17, 15) is 14.4 Å². The van der Waals surface area contributed by atoms with Crippen molar-refractivity contribution in [3.8, 4) is 17.0 Å². The van der Waals surface area contributed by atoms with E-state index in [1.54, 1.807) is 25.2 Å². The molecule has 1 aromatic carbocycles. The van der Waals surface area contributed by atoms with Crippen LogP contribution in [0.25, 0.3) is 11.3 Å². The van der Waals surface area contributed by atoms with Crippen LogP contribution in [0.5, 0.6) is 5.75 Å². The van der Waals surface area contributed by atoms with Gasteiger partial charge in [0.05, 0.1) is 19.9 Å². The second kappa shape index (κ2) is 13.8. The van der Waals surface area contributed by atoms with Crippen molar-refractivity contribution in [1.29, 1.82) is 0 Å². The molecule has 2 aromatic rings. The smallest absolute Gasteiger partial charge is 0.410 e. The maximum Gasteiger partial charge on any atom is 0.410 e. The van der Waals surface area contributed by atoms with Gasteiger partial charge in [-0.25, -0.2) is 19.6 Å². The van der Waals surface area contributed by atoms with Gasteiger partial charge in [0.15, 0.2) is 0 Å². The molecule has 0 aliphatic rings. The number of nitrogens with zero attached hydrogens (tertiary/aromatic N) is 3. The Morgan fingerprint density at radius 2 is 1.84 bits per heavy atom. The van der Waals surface area contributed by atoms with Crippen LogP contribution in [0.4, 0.5) is 10.7 Å². The molecule has 0 aliphatic heterocycles. The van der Waals surface area contributed by atoms with Gasteiger partial charge in [0.25, 0.3) is 0 Å². The van der Waals surface area contributed by atoms with Gasteiger partial charge in [0.1, 0.15) is 21.9 Å². The molecule has 2 rings (SSSR count). The number of hydrogen-bond donors (Lipinski definition) is 2. The van der Waals surface area contributed by atoms with E-state index < -0.39 is 17.7 Å². The first-order chi connectivity index (χ1) is 17.8. The van der Waals surface area contributed by atoms with Crippen molar-refractivity contribution in [1.82, 2.24) is 20.2 Å². The van der Waals surface area contributed by atoms with Crippen molar-refractivity contribution in [2.45, 2.75) is 51.2 Å². The average Bonchev–Trinajstić information content (AvgIpc) is 2.84. The highest BCUT2D eigenvalue weighted by atomic mass is 32.2. The number of nitrogens with two attached hydrogens (primary N) is 1. The summed E-state index contributed by atoms with van der Waals surface area (Å²) in [7, 11) is 4.44. The number of benzene rings is 1. The molecule has 0 saturated carbocycles.